The molecule has 0 bridgehead atoms. The lowest BCUT2D eigenvalue weighted by Crippen LogP contribution is -2.40. The van der Waals surface area contributed by atoms with E-state index >= 15 is 0 Å². The number of benzene rings is 1. The van der Waals surface area contributed by atoms with Crippen molar-refractivity contribution in [2.75, 3.05) is 13.1 Å². The van der Waals surface area contributed by atoms with Crippen LogP contribution in [0.25, 0.3) is 11.0 Å². The van der Waals surface area contributed by atoms with Gasteiger partial charge in [0.1, 0.15) is 11.3 Å². The molecular formula is C19H23NO3. The Balaban J connectivity index is 1.43. The molecule has 0 radical (unpaired) electrons. The van der Waals surface area contributed by atoms with E-state index in [1.54, 1.807) is 6.07 Å². The minimum atomic E-state index is -0.319. The minimum absolute atomic E-state index is 0.281. The van der Waals surface area contributed by atoms with E-state index < -0.39 is 0 Å². The highest BCUT2D eigenvalue weighted by atomic mass is 16.5. The van der Waals surface area contributed by atoms with Crippen LogP contribution in [0.15, 0.2) is 39.5 Å². The molecule has 4 rings (SSSR count). The van der Waals surface area contributed by atoms with Gasteiger partial charge in [-0.2, -0.15) is 0 Å². The Labute approximate surface area is 135 Å². The van der Waals surface area contributed by atoms with Crippen molar-refractivity contribution in [3.8, 4) is 5.75 Å². The zero-order valence-electron chi connectivity index (χ0n) is 13.3. The molecule has 0 atom stereocenters. The van der Waals surface area contributed by atoms with E-state index in [1.807, 2.05) is 18.2 Å². The summed E-state index contributed by atoms with van der Waals surface area (Å²) in [5.74, 6) is 0.804. The van der Waals surface area contributed by atoms with Gasteiger partial charge in [-0.3, -0.25) is 0 Å². The largest absolute Gasteiger partial charge is 0.490 e. The van der Waals surface area contributed by atoms with Crippen molar-refractivity contribution < 1.29 is 9.15 Å². The lowest BCUT2D eigenvalue weighted by molar-refractivity contribution is 0.0572. The Morgan fingerprint density at radius 3 is 2.57 bits per heavy atom. The number of hydrogen-bond acceptors (Lipinski definition) is 4. The predicted octanol–water partition coefficient (Wildman–Crippen LogP) is 3.48. The molecular weight excluding hydrogens is 290 g/mol. The van der Waals surface area contributed by atoms with Gasteiger partial charge >= 0.3 is 5.63 Å². The van der Waals surface area contributed by atoms with Crippen molar-refractivity contribution in [3.63, 3.8) is 0 Å². The van der Waals surface area contributed by atoms with Crippen molar-refractivity contribution in [3.05, 3.63) is 40.8 Å². The van der Waals surface area contributed by atoms with E-state index in [-0.39, 0.29) is 11.7 Å². The van der Waals surface area contributed by atoms with E-state index in [2.05, 4.69) is 5.32 Å². The van der Waals surface area contributed by atoms with Crippen LogP contribution in [0.2, 0.25) is 0 Å². The first-order valence-electron chi connectivity index (χ1n) is 8.64. The summed E-state index contributed by atoms with van der Waals surface area (Å²) in [7, 11) is 0. The van der Waals surface area contributed by atoms with Gasteiger partial charge in [-0.1, -0.05) is 0 Å². The van der Waals surface area contributed by atoms with Gasteiger partial charge in [-0.05, 0) is 75.2 Å². The smallest absolute Gasteiger partial charge is 0.336 e. The highest BCUT2D eigenvalue weighted by molar-refractivity contribution is 5.77. The molecule has 4 nitrogen and oxygen atoms in total. The van der Waals surface area contributed by atoms with Gasteiger partial charge in [-0.25, -0.2) is 4.79 Å². The highest BCUT2D eigenvalue weighted by Crippen LogP contribution is 2.44. The first-order valence-corrected chi connectivity index (χ1v) is 8.64. The minimum Gasteiger partial charge on any atom is -0.490 e. The summed E-state index contributed by atoms with van der Waals surface area (Å²) >= 11 is 0. The molecule has 2 aromatic rings. The average Bonchev–Trinajstić information content (AvgIpc) is 2.58. The molecule has 1 aromatic heterocycles. The zero-order valence-corrected chi connectivity index (χ0v) is 13.3. The Morgan fingerprint density at radius 1 is 1.04 bits per heavy atom. The van der Waals surface area contributed by atoms with Crippen LogP contribution in [0, 0.1) is 5.41 Å². The molecule has 0 unspecified atom stereocenters. The normalized spacial score (nSPS) is 21.6. The number of hydrogen-bond donors (Lipinski definition) is 1. The highest BCUT2D eigenvalue weighted by Gasteiger charge is 2.36. The van der Waals surface area contributed by atoms with Crippen LogP contribution in [0.5, 0.6) is 5.75 Å². The topological polar surface area (TPSA) is 51.5 Å². The van der Waals surface area contributed by atoms with Crippen LogP contribution in [0.1, 0.15) is 38.5 Å². The van der Waals surface area contributed by atoms with E-state index in [0.717, 1.165) is 37.1 Å². The molecule has 1 spiro atoms. The Bertz CT molecular complexity index is 736. The molecule has 1 saturated carbocycles. The third kappa shape index (κ3) is 3.13. The van der Waals surface area contributed by atoms with Crippen LogP contribution in [-0.2, 0) is 0 Å². The summed E-state index contributed by atoms with van der Waals surface area (Å²) in [6.07, 6.45) is 7.67. The number of nitrogens with one attached hydrogen (secondary N) is 1. The monoisotopic (exact) mass is 313 g/mol. The predicted molar refractivity (Wildman–Crippen MR) is 89.9 cm³/mol. The van der Waals surface area contributed by atoms with Crippen LogP contribution < -0.4 is 15.7 Å². The first kappa shape index (κ1) is 14.8. The van der Waals surface area contributed by atoms with Gasteiger partial charge in [0.25, 0.3) is 0 Å². The van der Waals surface area contributed by atoms with Gasteiger partial charge in [-0.15, -0.1) is 0 Å². The fourth-order valence-corrected chi connectivity index (χ4v) is 4.09. The molecule has 23 heavy (non-hydrogen) atoms. The molecule has 1 aliphatic carbocycles. The number of rotatable bonds is 2. The van der Waals surface area contributed by atoms with Gasteiger partial charge in [0.2, 0.25) is 0 Å². The standard InChI is InChI=1S/C19H23NO3/c21-18-4-2-14-1-3-16(13-17(14)23-18)22-15-5-7-19(8-6-15)9-11-20-12-10-19/h1-4,13,15,20H,5-12H2. The second kappa shape index (κ2) is 6.00. The number of fused-ring (bicyclic) bond motifs is 1. The Morgan fingerprint density at radius 2 is 1.78 bits per heavy atom. The summed E-state index contributed by atoms with van der Waals surface area (Å²) in [4.78, 5) is 11.3. The van der Waals surface area contributed by atoms with Crippen molar-refractivity contribution in [2.45, 2.75) is 44.6 Å². The number of piperidine rings is 1. The van der Waals surface area contributed by atoms with Gasteiger partial charge in [0.15, 0.2) is 0 Å². The quantitative estimate of drug-likeness (QED) is 0.862. The maximum absolute atomic E-state index is 11.3. The van der Waals surface area contributed by atoms with Crippen molar-refractivity contribution in [2.24, 2.45) is 5.41 Å². The Kier molecular flexibility index (Phi) is 3.85. The molecule has 2 heterocycles. The lowest BCUT2D eigenvalue weighted by Gasteiger charge is -2.43. The van der Waals surface area contributed by atoms with Gasteiger partial charge in [0, 0.05) is 17.5 Å². The number of ether oxygens (including phenoxy) is 1. The third-order valence-corrected chi connectivity index (χ3v) is 5.55. The molecule has 4 heteroatoms. The maximum Gasteiger partial charge on any atom is 0.336 e. The van der Waals surface area contributed by atoms with Crippen LogP contribution >= 0.6 is 0 Å². The van der Waals surface area contributed by atoms with E-state index in [9.17, 15) is 4.79 Å². The average molecular weight is 313 g/mol. The summed E-state index contributed by atoms with van der Waals surface area (Å²) in [6, 6.07) is 8.99. The SMILES string of the molecule is O=c1ccc2ccc(OC3CCC4(CCNCC4)CC3)cc2o1. The molecule has 1 aromatic carbocycles. The van der Waals surface area contributed by atoms with Gasteiger partial charge in [0.05, 0.1) is 6.10 Å². The van der Waals surface area contributed by atoms with Crippen molar-refractivity contribution >= 4 is 11.0 Å². The second-order valence-corrected chi connectivity index (χ2v) is 7.02. The van der Waals surface area contributed by atoms with E-state index in [1.165, 1.54) is 31.7 Å². The maximum atomic E-state index is 11.3. The third-order valence-electron chi connectivity index (χ3n) is 5.55. The molecule has 1 saturated heterocycles. The molecule has 0 amide bonds. The van der Waals surface area contributed by atoms with E-state index in [4.69, 9.17) is 9.15 Å². The van der Waals surface area contributed by atoms with E-state index in [0.29, 0.717) is 11.0 Å². The zero-order chi connectivity index (χ0) is 15.7. The lowest BCUT2D eigenvalue weighted by atomic mass is 9.68. The van der Waals surface area contributed by atoms with Gasteiger partial charge < -0.3 is 14.5 Å². The Hall–Kier alpha value is -1.81. The first-order chi connectivity index (χ1) is 11.2. The molecule has 122 valence electrons. The van der Waals surface area contributed by atoms with Crippen molar-refractivity contribution in [1.82, 2.24) is 5.32 Å². The molecule has 2 aliphatic rings. The summed E-state index contributed by atoms with van der Waals surface area (Å²) in [5, 5.41) is 4.39. The molecule has 1 N–H and O–H groups in total. The second-order valence-electron chi connectivity index (χ2n) is 7.02. The summed E-state index contributed by atoms with van der Waals surface area (Å²) in [5.41, 5.74) is 0.835. The van der Waals surface area contributed by atoms with Crippen LogP contribution in [-0.4, -0.2) is 19.2 Å². The van der Waals surface area contributed by atoms with Crippen LogP contribution in [0.4, 0.5) is 0 Å². The van der Waals surface area contributed by atoms with Crippen LogP contribution in [0.3, 0.4) is 0 Å². The summed E-state index contributed by atoms with van der Waals surface area (Å²) < 4.78 is 11.4. The molecule has 1 aliphatic heterocycles. The molecule has 2 fully saturated rings. The fraction of sp³-hybridized carbons (Fsp3) is 0.526. The fourth-order valence-electron chi connectivity index (χ4n) is 4.09. The summed E-state index contributed by atoms with van der Waals surface area (Å²) in [6.45, 7) is 2.32. The van der Waals surface area contributed by atoms with Crippen molar-refractivity contribution in [1.29, 1.82) is 0 Å².